The maximum Gasteiger partial charge on any atom is 0.213 e. The summed E-state index contributed by atoms with van der Waals surface area (Å²) in [7, 11) is 1.81. The number of nitrogens with one attached hydrogen (secondary N) is 2. The number of para-hydroxylation sites is 1. The zero-order valence-corrected chi connectivity index (χ0v) is 19.0. The first-order valence-electron chi connectivity index (χ1n) is 11.0. The van der Waals surface area contributed by atoms with Crippen LogP contribution in [-0.2, 0) is 6.54 Å². The van der Waals surface area contributed by atoms with E-state index in [1.807, 2.05) is 55.7 Å². The Hall–Kier alpha value is -2.80. The van der Waals surface area contributed by atoms with Crippen molar-refractivity contribution in [3.05, 3.63) is 54.2 Å². The normalized spacial score (nSPS) is 19.5. The first-order chi connectivity index (χ1) is 15.0. The molecule has 31 heavy (non-hydrogen) atoms. The van der Waals surface area contributed by atoms with Crippen LogP contribution in [0.2, 0.25) is 0 Å². The molecule has 1 aromatic heterocycles. The number of rotatable bonds is 9. The molecule has 0 amide bonds. The molecule has 1 saturated heterocycles. The zero-order chi connectivity index (χ0) is 22.1. The number of nitrogens with zero attached hydrogens (tertiary/aromatic N) is 3. The average Bonchev–Trinajstić information content (AvgIpc) is 3.16. The lowest BCUT2D eigenvalue weighted by Crippen LogP contribution is -2.46. The van der Waals surface area contributed by atoms with Crippen molar-refractivity contribution < 1.29 is 9.47 Å². The summed E-state index contributed by atoms with van der Waals surface area (Å²) in [6.45, 7) is 10.5. The van der Waals surface area contributed by atoms with E-state index in [0.717, 1.165) is 30.4 Å². The largest absolute Gasteiger partial charge is 0.490 e. The second kappa shape index (κ2) is 11.6. The van der Waals surface area contributed by atoms with Gasteiger partial charge in [-0.2, -0.15) is 0 Å². The minimum Gasteiger partial charge on any atom is -0.490 e. The predicted octanol–water partition coefficient (Wildman–Crippen LogP) is 2.93. The van der Waals surface area contributed by atoms with Crippen molar-refractivity contribution >= 4 is 5.96 Å². The van der Waals surface area contributed by atoms with Gasteiger partial charge in [0.1, 0.15) is 19.0 Å². The molecule has 7 nitrogen and oxygen atoms in total. The van der Waals surface area contributed by atoms with Gasteiger partial charge in [-0.3, -0.25) is 9.89 Å². The summed E-state index contributed by atoms with van der Waals surface area (Å²) < 4.78 is 11.3. The van der Waals surface area contributed by atoms with Gasteiger partial charge in [0.05, 0.1) is 0 Å². The molecule has 2 heterocycles. The number of aliphatic imine (C=N–C) groups is 1. The van der Waals surface area contributed by atoms with Crippen molar-refractivity contribution in [3.63, 3.8) is 0 Å². The van der Waals surface area contributed by atoms with Gasteiger partial charge >= 0.3 is 0 Å². The molecule has 168 valence electrons. The Kier molecular flexibility index (Phi) is 8.53. The quantitative estimate of drug-likeness (QED) is 0.366. The van der Waals surface area contributed by atoms with E-state index in [1.165, 1.54) is 0 Å². The number of benzene rings is 1. The summed E-state index contributed by atoms with van der Waals surface area (Å²) in [5.74, 6) is 2.84. The van der Waals surface area contributed by atoms with E-state index >= 15 is 0 Å². The molecule has 2 unspecified atom stereocenters. The van der Waals surface area contributed by atoms with Crippen molar-refractivity contribution in [2.24, 2.45) is 10.9 Å². The molecule has 0 spiro atoms. The molecule has 3 rings (SSSR count). The van der Waals surface area contributed by atoms with Crippen molar-refractivity contribution in [1.29, 1.82) is 0 Å². The molecule has 2 aromatic rings. The minimum absolute atomic E-state index is 0.403. The van der Waals surface area contributed by atoms with Crippen LogP contribution in [0.4, 0.5) is 0 Å². The molecular weight excluding hydrogens is 390 g/mol. The molecule has 2 atom stereocenters. The van der Waals surface area contributed by atoms with Gasteiger partial charge in [-0.15, -0.1) is 0 Å². The van der Waals surface area contributed by atoms with E-state index in [2.05, 4.69) is 46.3 Å². The molecule has 7 heteroatoms. The van der Waals surface area contributed by atoms with Gasteiger partial charge in [-0.05, 0) is 37.5 Å². The fourth-order valence-corrected chi connectivity index (χ4v) is 3.59. The summed E-state index contributed by atoms with van der Waals surface area (Å²) in [4.78, 5) is 11.3. The minimum atomic E-state index is 0.403. The number of guanidine groups is 1. The standard InChI is InChI=1S/C24H35N5O2/c1-18(2)29-16-19(3)22(17-29)28-24(25-4)27-15-20-10-11-23(26-14-20)31-13-12-30-21-8-6-5-7-9-21/h5-11,14,18-19,22H,12-13,15-17H2,1-4H3,(H2,25,27,28). The summed E-state index contributed by atoms with van der Waals surface area (Å²) in [5.41, 5.74) is 1.07. The van der Waals surface area contributed by atoms with E-state index in [-0.39, 0.29) is 0 Å². The molecule has 2 N–H and O–H groups in total. The van der Waals surface area contributed by atoms with Gasteiger partial charge in [0, 0.05) is 51.0 Å². The Balaban J connectivity index is 1.39. The Morgan fingerprint density at radius 1 is 1.13 bits per heavy atom. The molecular formula is C24H35N5O2. The van der Waals surface area contributed by atoms with E-state index in [4.69, 9.17) is 9.47 Å². The highest BCUT2D eigenvalue weighted by Gasteiger charge is 2.31. The van der Waals surface area contributed by atoms with Crippen LogP contribution < -0.4 is 20.1 Å². The van der Waals surface area contributed by atoms with Gasteiger partial charge in [-0.25, -0.2) is 4.98 Å². The zero-order valence-electron chi connectivity index (χ0n) is 19.0. The highest BCUT2D eigenvalue weighted by atomic mass is 16.5. The van der Waals surface area contributed by atoms with Crippen LogP contribution >= 0.6 is 0 Å². The Labute approximate surface area is 185 Å². The van der Waals surface area contributed by atoms with E-state index in [9.17, 15) is 0 Å². The molecule has 0 radical (unpaired) electrons. The first-order valence-corrected chi connectivity index (χ1v) is 11.0. The second-order valence-electron chi connectivity index (χ2n) is 8.22. The van der Waals surface area contributed by atoms with Crippen molar-refractivity contribution in [2.75, 3.05) is 33.4 Å². The highest BCUT2D eigenvalue weighted by molar-refractivity contribution is 5.80. The van der Waals surface area contributed by atoms with Crippen molar-refractivity contribution in [2.45, 2.75) is 39.4 Å². The van der Waals surface area contributed by atoms with E-state index < -0.39 is 0 Å². The number of aromatic nitrogens is 1. The summed E-state index contributed by atoms with van der Waals surface area (Å²) >= 11 is 0. The lowest BCUT2D eigenvalue weighted by molar-refractivity contribution is 0.212. The van der Waals surface area contributed by atoms with Crippen molar-refractivity contribution in [3.8, 4) is 11.6 Å². The second-order valence-corrected chi connectivity index (χ2v) is 8.22. The Bertz CT molecular complexity index is 810. The van der Waals surface area contributed by atoms with Crippen LogP contribution in [0, 0.1) is 5.92 Å². The number of pyridine rings is 1. The summed E-state index contributed by atoms with van der Waals surface area (Å²) in [6, 6.07) is 14.6. The molecule has 0 aliphatic carbocycles. The van der Waals surface area contributed by atoms with Gasteiger partial charge in [0.2, 0.25) is 5.88 Å². The Morgan fingerprint density at radius 2 is 1.90 bits per heavy atom. The van der Waals surface area contributed by atoms with Gasteiger partial charge in [0.25, 0.3) is 0 Å². The monoisotopic (exact) mass is 425 g/mol. The topological polar surface area (TPSA) is 71.0 Å². The lowest BCUT2D eigenvalue weighted by atomic mass is 10.1. The van der Waals surface area contributed by atoms with E-state index in [1.54, 1.807) is 0 Å². The lowest BCUT2D eigenvalue weighted by Gasteiger charge is -2.22. The van der Waals surface area contributed by atoms with Crippen LogP contribution in [0.3, 0.4) is 0 Å². The summed E-state index contributed by atoms with van der Waals surface area (Å²) in [6.07, 6.45) is 1.83. The SMILES string of the molecule is CN=C(NCc1ccc(OCCOc2ccccc2)nc1)NC1CN(C(C)C)CC1C. The number of hydrogen-bond donors (Lipinski definition) is 2. The van der Waals surface area contributed by atoms with Crippen LogP contribution in [0.5, 0.6) is 11.6 Å². The number of hydrogen-bond acceptors (Lipinski definition) is 5. The third kappa shape index (κ3) is 7.14. The predicted molar refractivity (Wildman–Crippen MR) is 125 cm³/mol. The van der Waals surface area contributed by atoms with Gasteiger partial charge < -0.3 is 20.1 Å². The molecule has 1 aromatic carbocycles. The van der Waals surface area contributed by atoms with Crippen LogP contribution in [0.15, 0.2) is 53.7 Å². The van der Waals surface area contributed by atoms with Crippen LogP contribution in [-0.4, -0.2) is 61.3 Å². The van der Waals surface area contributed by atoms with Crippen LogP contribution in [0.1, 0.15) is 26.3 Å². The fourth-order valence-electron chi connectivity index (χ4n) is 3.59. The van der Waals surface area contributed by atoms with E-state index in [0.29, 0.717) is 43.6 Å². The molecule has 1 aliphatic heterocycles. The van der Waals surface area contributed by atoms with Gasteiger partial charge in [0.15, 0.2) is 5.96 Å². The average molecular weight is 426 g/mol. The third-order valence-electron chi connectivity index (χ3n) is 5.52. The highest BCUT2D eigenvalue weighted by Crippen LogP contribution is 2.18. The first kappa shape index (κ1) is 22.9. The maximum absolute atomic E-state index is 5.66. The van der Waals surface area contributed by atoms with Crippen molar-refractivity contribution in [1.82, 2.24) is 20.5 Å². The molecule has 0 saturated carbocycles. The fraction of sp³-hybridized carbons (Fsp3) is 0.500. The third-order valence-corrected chi connectivity index (χ3v) is 5.52. The molecule has 1 aliphatic rings. The van der Waals surface area contributed by atoms with Gasteiger partial charge in [-0.1, -0.05) is 31.2 Å². The summed E-state index contributed by atoms with van der Waals surface area (Å²) in [5, 5.41) is 6.95. The molecule has 1 fully saturated rings. The molecule has 0 bridgehead atoms. The van der Waals surface area contributed by atoms with Crippen LogP contribution in [0.25, 0.3) is 0 Å². The number of ether oxygens (including phenoxy) is 2. The smallest absolute Gasteiger partial charge is 0.213 e. The maximum atomic E-state index is 5.66. The Morgan fingerprint density at radius 3 is 2.55 bits per heavy atom. The number of likely N-dealkylation sites (tertiary alicyclic amines) is 1.